The van der Waals surface area contributed by atoms with E-state index in [-0.39, 0.29) is 5.92 Å². The van der Waals surface area contributed by atoms with Gasteiger partial charge in [-0.25, -0.2) is 0 Å². The summed E-state index contributed by atoms with van der Waals surface area (Å²) >= 11 is 0. The van der Waals surface area contributed by atoms with Gasteiger partial charge in [-0.05, 0) is 44.4 Å². The Labute approximate surface area is 119 Å². The van der Waals surface area contributed by atoms with Crippen LogP contribution in [0.15, 0.2) is 0 Å². The van der Waals surface area contributed by atoms with E-state index in [1.54, 1.807) is 0 Å². The van der Waals surface area contributed by atoms with Crippen LogP contribution in [0.25, 0.3) is 0 Å². The predicted octanol–water partition coefficient (Wildman–Crippen LogP) is 4.63. The third-order valence-corrected chi connectivity index (χ3v) is 4.78. The summed E-state index contributed by atoms with van der Waals surface area (Å²) in [4.78, 5) is 15.1. The van der Waals surface area contributed by atoms with E-state index in [2.05, 4.69) is 32.6 Å². The van der Waals surface area contributed by atoms with Crippen LogP contribution in [0.1, 0.15) is 79.1 Å². The quantitative estimate of drug-likeness (QED) is 0.658. The number of hydrogen-bond acceptors (Lipinski definition) is 1. The van der Waals surface area contributed by atoms with Crippen molar-refractivity contribution in [1.29, 1.82) is 0 Å². The van der Waals surface area contributed by atoms with Crippen LogP contribution in [-0.2, 0) is 4.79 Å². The number of likely N-dealkylation sites (tertiary alicyclic amines) is 1. The Morgan fingerprint density at radius 3 is 2.47 bits per heavy atom. The molecule has 0 saturated carbocycles. The van der Waals surface area contributed by atoms with Gasteiger partial charge in [-0.1, -0.05) is 40.5 Å². The lowest BCUT2D eigenvalue weighted by Gasteiger charge is -2.33. The van der Waals surface area contributed by atoms with E-state index in [9.17, 15) is 4.79 Å². The van der Waals surface area contributed by atoms with Crippen LogP contribution in [0, 0.1) is 11.8 Å². The second-order valence-corrected chi connectivity index (χ2v) is 6.09. The monoisotopic (exact) mass is 267 g/mol. The van der Waals surface area contributed by atoms with Crippen molar-refractivity contribution in [3.63, 3.8) is 0 Å². The molecule has 0 aromatic carbocycles. The van der Waals surface area contributed by atoms with Crippen LogP contribution in [0.3, 0.4) is 0 Å². The maximum atomic E-state index is 12.9. The molecule has 1 fully saturated rings. The molecule has 0 aromatic heterocycles. The van der Waals surface area contributed by atoms with Gasteiger partial charge in [0.25, 0.3) is 0 Å². The Morgan fingerprint density at radius 2 is 1.95 bits per heavy atom. The van der Waals surface area contributed by atoms with E-state index in [1.807, 2.05) is 0 Å². The number of carbonyl (C=O) groups excluding carboxylic acids is 1. The normalized spacial score (nSPS) is 26.3. The summed E-state index contributed by atoms with van der Waals surface area (Å²) in [6.45, 7) is 9.88. The summed E-state index contributed by atoms with van der Waals surface area (Å²) in [5.41, 5.74) is 0. The molecule has 1 amide bonds. The van der Waals surface area contributed by atoms with Gasteiger partial charge in [0.05, 0.1) is 0 Å². The smallest absolute Gasteiger partial charge is 0.226 e. The van der Waals surface area contributed by atoms with Crippen LogP contribution >= 0.6 is 0 Å². The standard InChI is InChI=1S/C17H33NO/c1-5-10-14-12-9-13-18(15(7-3)11-6-2)17(19)16(14)8-4/h14-16H,5-13H2,1-4H3/t14?,15?,16-/m0/s1. The summed E-state index contributed by atoms with van der Waals surface area (Å²) in [6.07, 6.45) is 9.35. The second-order valence-electron chi connectivity index (χ2n) is 6.09. The minimum absolute atomic E-state index is 0.286. The van der Waals surface area contributed by atoms with Gasteiger partial charge in [0.1, 0.15) is 0 Å². The summed E-state index contributed by atoms with van der Waals surface area (Å²) in [6, 6.07) is 0.479. The highest BCUT2D eigenvalue weighted by molar-refractivity contribution is 5.79. The van der Waals surface area contributed by atoms with E-state index in [1.165, 1.54) is 32.1 Å². The first-order chi connectivity index (χ1) is 9.19. The molecule has 19 heavy (non-hydrogen) atoms. The Kier molecular flexibility index (Phi) is 7.48. The zero-order chi connectivity index (χ0) is 14.3. The maximum Gasteiger partial charge on any atom is 0.226 e. The molecule has 1 aliphatic rings. The van der Waals surface area contributed by atoms with Crippen molar-refractivity contribution in [3.8, 4) is 0 Å². The van der Waals surface area contributed by atoms with Crippen molar-refractivity contribution in [3.05, 3.63) is 0 Å². The van der Waals surface area contributed by atoms with E-state index in [0.29, 0.717) is 17.9 Å². The largest absolute Gasteiger partial charge is 0.339 e. The summed E-state index contributed by atoms with van der Waals surface area (Å²) in [5, 5.41) is 0. The van der Waals surface area contributed by atoms with E-state index in [4.69, 9.17) is 0 Å². The van der Waals surface area contributed by atoms with Crippen LogP contribution in [0.4, 0.5) is 0 Å². The molecule has 0 radical (unpaired) electrons. The Morgan fingerprint density at radius 1 is 1.21 bits per heavy atom. The molecule has 0 aliphatic carbocycles. The van der Waals surface area contributed by atoms with Gasteiger partial charge in [0.15, 0.2) is 0 Å². The van der Waals surface area contributed by atoms with Crippen LogP contribution in [-0.4, -0.2) is 23.4 Å². The van der Waals surface area contributed by atoms with Crippen molar-refractivity contribution in [1.82, 2.24) is 4.90 Å². The molecule has 1 heterocycles. The van der Waals surface area contributed by atoms with Crippen molar-refractivity contribution in [2.24, 2.45) is 11.8 Å². The Bertz CT molecular complexity index is 264. The SMILES string of the molecule is CCCC1CCCN(C(CC)CCC)C(=O)[C@H]1CC. The number of rotatable bonds is 7. The maximum absolute atomic E-state index is 12.9. The number of amides is 1. The lowest BCUT2D eigenvalue weighted by atomic mass is 9.83. The fourth-order valence-corrected chi connectivity index (χ4v) is 3.75. The molecule has 1 rings (SSSR count). The summed E-state index contributed by atoms with van der Waals surface area (Å²) in [5.74, 6) is 1.37. The topological polar surface area (TPSA) is 20.3 Å². The minimum Gasteiger partial charge on any atom is -0.339 e. The Balaban J connectivity index is 2.82. The van der Waals surface area contributed by atoms with Crippen molar-refractivity contribution in [2.45, 2.75) is 85.1 Å². The van der Waals surface area contributed by atoms with Crippen LogP contribution in [0.5, 0.6) is 0 Å². The fourth-order valence-electron chi connectivity index (χ4n) is 3.75. The molecular formula is C17H33NO. The average Bonchev–Trinajstić information content (AvgIpc) is 2.56. The molecule has 3 atom stereocenters. The van der Waals surface area contributed by atoms with Crippen molar-refractivity contribution in [2.75, 3.05) is 6.54 Å². The molecule has 1 aliphatic heterocycles. The first kappa shape index (κ1) is 16.5. The molecule has 2 unspecified atom stereocenters. The van der Waals surface area contributed by atoms with Crippen LogP contribution < -0.4 is 0 Å². The van der Waals surface area contributed by atoms with Crippen LogP contribution in [0.2, 0.25) is 0 Å². The van der Waals surface area contributed by atoms with Gasteiger partial charge >= 0.3 is 0 Å². The minimum atomic E-state index is 0.286. The molecule has 0 aromatic rings. The zero-order valence-corrected chi connectivity index (χ0v) is 13.5. The number of hydrogen-bond donors (Lipinski definition) is 0. The van der Waals surface area contributed by atoms with E-state index in [0.717, 1.165) is 25.8 Å². The lowest BCUT2D eigenvalue weighted by Crippen LogP contribution is -2.43. The van der Waals surface area contributed by atoms with Gasteiger partial charge < -0.3 is 4.90 Å². The van der Waals surface area contributed by atoms with Crippen molar-refractivity contribution < 1.29 is 4.79 Å². The molecule has 0 N–H and O–H groups in total. The highest BCUT2D eigenvalue weighted by Gasteiger charge is 2.34. The Hall–Kier alpha value is -0.530. The zero-order valence-electron chi connectivity index (χ0n) is 13.5. The first-order valence-electron chi connectivity index (χ1n) is 8.49. The lowest BCUT2D eigenvalue weighted by molar-refractivity contribution is -0.139. The average molecular weight is 267 g/mol. The van der Waals surface area contributed by atoms with Gasteiger partial charge in [0, 0.05) is 18.5 Å². The second kappa shape index (κ2) is 8.60. The first-order valence-corrected chi connectivity index (χ1v) is 8.49. The van der Waals surface area contributed by atoms with Gasteiger partial charge in [-0.15, -0.1) is 0 Å². The molecule has 1 saturated heterocycles. The molecule has 0 spiro atoms. The molecule has 2 nitrogen and oxygen atoms in total. The van der Waals surface area contributed by atoms with Gasteiger partial charge in [-0.3, -0.25) is 4.79 Å². The summed E-state index contributed by atoms with van der Waals surface area (Å²) in [7, 11) is 0. The van der Waals surface area contributed by atoms with Gasteiger partial charge in [-0.2, -0.15) is 0 Å². The van der Waals surface area contributed by atoms with E-state index >= 15 is 0 Å². The molecule has 2 heteroatoms. The van der Waals surface area contributed by atoms with Gasteiger partial charge in [0.2, 0.25) is 5.91 Å². The predicted molar refractivity (Wildman–Crippen MR) is 82.1 cm³/mol. The highest BCUT2D eigenvalue weighted by atomic mass is 16.2. The highest BCUT2D eigenvalue weighted by Crippen LogP contribution is 2.32. The molecule has 0 bridgehead atoms. The number of nitrogens with zero attached hydrogens (tertiary/aromatic N) is 1. The molecular weight excluding hydrogens is 234 g/mol. The van der Waals surface area contributed by atoms with Crippen molar-refractivity contribution >= 4 is 5.91 Å². The number of carbonyl (C=O) groups is 1. The summed E-state index contributed by atoms with van der Waals surface area (Å²) < 4.78 is 0. The third-order valence-electron chi connectivity index (χ3n) is 4.78. The van der Waals surface area contributed by atoms with E-state index < -0.39 is 0 Å². The fraction of sp³-hybridized carbons (Fsp3) is 0.941. The third kappa shape index (κ3) is 4.22. The molecule has 112 valence electrons.